The summed E-state index contributed by atoms with van der Waals surface area (Å²) in [5.41, 5.74) is -0.438. The van der Waals surface area contributed by atoms with Crippen LogP contribution in [0.15, 0.2) is 0 Å². The second kappa shape index (κ2) is 11.3. The fraction of sp³-hybridized carbons (Fsp3) is 0.941. The molecule has 2 nitrogen and oxygen atoms in total. The van der Waals surface area contributed by atoms with Gasteiger partial charge in [0.2, 0.25) is 0 Å². The lowest BCUT2D eigenvalue weighted by Gasteiger charge is -2.24. The summed E-state index contributed by atoms with van der Waals surface area (Å²) >= 11 is 1.63. The van der Waals surface area contributed by atoms with Crippen molar-refractivity contribution in [2.45, 2.75) is 96.6 Å². The maximum Gasteiger partial charge on any atom is 0.319 e. The lowest BCUT2D eigenvalue weighted by molar-refractivity contribution is -0.154. The van der Waals surface area contributed by atoms with Crippen LogP contribution in [0.3, 0.4) is 0 Å². The van der Waals surface area contributed by atoms with E-state index in [1.807, 2.05) is 27.7 Å². The van der Waals surface area contributed by atoms with Crippen molar-refractivity contribution < 1.29 is 13.9 Å². The number of thioether (sulfide) groups is 1. The zero-order valence-corrected chi connectivity index (χ0v) is 15.2. The van der Waals surface area contributed by atoms with Crippen LogP contribution in [0.25, 0.3) is 0 Å². The van der Waals surface area contributed by atoms with Gasteiger partial charge in [0.25, 0.3) is 0 Å². The van der Waals surface area contributed by atoms with Crippen LogP contribution in [-0.4, -0.2) is 28.7 Å². The van der Waals surface area contributed by atoms with Crippen molar-refractivity contribution in [2.24, 2.45) is 0 Å². The molecule has 0 spiro atoms. The molecule has 2 atom stereocenters. The summed E-state index contributed by atoms with van der Waals surface area (Å²) in [4.78, 5) is 12.2. The maximum atomic E-state index is 13.2. The third kappa shape index (κ3) is 12.0. The predicted molar refractivity (Wildman–Crippen MR) is 90.7 cm³/mol. The Hall–Kier alpha value is -0.250. The molecule has 0 saturated carbocycles. The summed E-state index contributed by atoms with van der Waals surface area (Å²) in [7, 11) is 0. The van der Waals surface area contributed by atoms with Gasteiger partial charge in [-0.15, -0.1) is 11.8 Å². The molecule has 0 aliphatic rings. The second-order valence-electron chi connectivity index (χ2n) is 6.54. The molecule has 2 unspecified atom stereocenters. The summed E-state index contributed by atoms with van der Waals surface area (Å²) in [6.07, 6.45) is 5.50. The number of ether oxygens (including phenoxy) is 1. The van der Waals surface area contributed by atoms with Gasteiger partial charge >= 0.3 is 5.97 Å². The van der Waals surface area contributed by atoms with Crippen molar-refractivity contribution in [1.29, 1.82) is 0 Å². The average molecular weight is 321 g/mol. The standard InChI is InChI=1S/C17H33FO2S/c1-6-8-9-12-15(16(19)20-17(3,4)5)21-13-10-11-14(18)7-2/h14-15H,6-13H2,1-5H3. The molecule has 4 heteroatoms. The normalized spacial score (nSPS) is 14.8. The molecule has 0 saturated heterocycles. The van der Waals surface area contributed by atoms with Crippen LogP contribution in [0.5, 0.6) is 0 Å². The monoisotopic (exact) mass is 320 g/mol. The van der Waals surface area contributed by atoms with E-state index in [2.05, 4.69) is 6.92 Å². The highest BCUT2D eigenvalue weighted by atomic mass is 32.2. The third-order valence-corrected chi connectivity index (χ3v) is 4.52. The molecule has 0 aromatic heterocycles. The molecule has 0 rings (SSSR count). The molecule has 0 fully saturated rings. The summed E-state index contributed by atoms with van der Waals surface area (Å²) in [6.45, 7) is 9.71. The predicted octanol–water partition coefficient (Wildman–Crippen LogP) is 5.54. The van der Waals surface area contributed by atoms with Crippen molar-refractivity contribution in [2.75, 3.05) is 5.75 Å². The Morgan fingerprint density at radius 1 is 1.14 bits per heavy atom. The highest BCUT2D eigenvalue weighted by Gasteiger charge is 2.25. The first-order valence-corrected chi connectivity index (χ1v) is 9.33. The van der Waals surface area contributed by atoms with Gasteiger partial charge in [-0.05, 0) is 52.2 Å². The van der Waals surface area contributed by atoms with E-state index in [0.717, 1.165) is 37.9 Å². The molecule has 0 heterocycles. The minimum Gasteiger partial charge on any atom is -0.459 e. The van der Waals surface area contributed by atoms with E-state index in [1.165, 1.54) is 0 Å². The van der Waals surface area contributed by atoms with Crippen molar-refractivity contribution in [3.63, 3.8) is 0 Å². The van der Waals surface area contributed by atoms with Gasteiger partial charge in [-0.25, -0.2) is 4.39 Å². The summed E-state index contributed by atoms with van der Waals surface area (Å²) in [6, 6.07) is 0. The van der Waals surface area contributed by atoms with Gasteiger partial charge < -0.3 is 4.74 Å². The molecule has 0 aromatic carbocycles. The molecule has 0 aromatic rings. The van der Waals surface area contributed by atoms with E-state index >= 15 is 0 Å². The highest BCUT2D eigenvalue weighted by molar-refractivity contribution is 8.00. The fourth-order valence-corrected chi connectivity index (χ4v) is 3.09. The van der Waals surface area contributed by atoms with Crippen LogP contribution < -0.4 is 0 Å². The van der Waals surface area contributed by atoms with Crippen LogP contribution >= 0.6 is 11.8 Å². The number of carbonyl (C=O) groups is 1. The van der Waals surface area contributed by atoms with Crippen molar-refractivity contribution >= 4 is 17.7 Å². The molecule has 126 valence electrons. The number of hydrogen-bond donors (Lipinski definition) is 0. The number of carbonyl (C=O) groups excluding carboxylic acids is 1. The van der Waals surface area contributed by atoms with Crippen LogP contribution in [0, 0.1) is 0 Å². The van der Waals surface area contributed by atoms with Crippen LogP contribution in [0.2, 0.25) is 0 Å². The number of alkyl halides is 1. The maximum absolute atomic E-state index is 13.2. The van der Waals surface area contributed by atoms with Gasteiger partial charge in [-0.2, -0.15) is 0 Å². The fourth-order valence-electron chi connectivity index (χ4n) is 1.95. The van der Waals surface area contributed by atoms with Crippen LogP contribution in [0.4, 0.5) is 4.39 Å². The van der Waals surface area contributed by atoms with Gasteiger partial charge in [-0.1, -0.05) is 33.1 Å². The summed E-state index contributed by atoms with van der Waals surface area (Å²) in [5.74, 6) is 0.715. The molecule has 0 bridgehead atoms. The van der Waals surface area contributed by atoms with Crippen molar-refractivity contribution in [3.05, 3.63) is 0 Å². The Morgan fingerprint density at radius 3 is 2.33 bits per heavy atom. The molecule has 0 N–H and O–H groups in total. The van der Waals surface area contributed by atoms with Crippen LogP contribution in [0.1, 0.15) is 79.6 Å². The van der Waals surface area contributed by atoms with E-state index in [-0.39, 0.29) is 11.2 Å². The van der Waals surface area contributed by atoms with Gasteiger partial charge in [-0.3, -0.25) is 4.79 Å². The molecule has 0 radical (unpaired) electrons. The smallest absolute Gasteiger partial charge is 0.319 e. The van der Waals surface area contributed by atoms with Crippen LogP contribution in [-0.2, 0) is 9.53 Å². The Labute approximate surface area is 134 Å². The molecule has 0 amide bonds. The largest absolute Gasteiger partial charge is 0.459 e. The van der Waals surface area contributed by atoms with Gasteiger partial charge in [0, 0.05) is 0 Å². The van der Waals surface area contributed by atoms with E-state index in [1.54, 1.807) is 11.8 Å². The van der Waals surface area contributed by atoms with Crippen molar-refractivity contribution in [3.8, 4) is 0 Å². The summed E-state index contributed by atoms with van der Waals surface area (Å²) < 4.78 is 18.7. The lowest BCUT2D eigenvalue weighted by atomic mass is 10.1. The van der Waals surface area contributed by atoms with E-state index in [0.29, 0.717) is 12.8 Å². The van der Waals surface area contributed by atoms with E-state index in [4.69, 9.17) is 4.74 Å². The highest BCUT2D eigenvalue weighted by Crippen LogP contribution is 2.24. The van der Waals surface area contributed by atoms with E-state index < -0.39 is 11.8 Å². The average Bonchev–Trinajstić information content (AvgIpc) is 2.39. The summed E-state index contributed by atoms with van der Waals surface area (Å²) in [5, 5.41) is -0.101. The first-order valence-electron chi connectivity index (χ1n) is 8.28. The quantitative estimate of drug-likeness (QED) is 0.369. The van der Waals surface area contributed by atoms with Gasteiger partial charge in [0.1, 0.15) is 10.9 Å². The molecular weight excluding hydrogens is 287 g/mol. The minimum absolute atomic E-state index is 0.101. The first kappa shape index (κ1) is 20.8. The lowest BCUT2D eigenvalue weighted by Crippen LogP contribution is -2.30. The Balaban J connectivity index is 4.22. The third-order valence-electron chi connectivity index (χ3n) is 3.16. The number of hydrogen-bond acceptors (Lipinski definition) is 3. The molecular formula is C17H33FO2S. The molecule has 0 aliphatic carbocycles. The Morgan fingerprint density at radius 2 is 1.81 bits per heavy atom. The van der Waals surface area contributed by atoms with E-state index in [9.17, 15) is 9.18 Å². The molecule has 21 heavy (non-hydrogen) atoms. The number of halogens is 1. The van der Waals surface area contributed by atoms with Gasteiger partial charge in [0.05, 0.1) is 6.17 Å². The Bertz CT molecular complexity index is 276. The molecule has 0 aliphatic heterocycles. The first-order chi connectivity index (χ1) is 9.80. The number of unbranched alkanes of at least 4 members (excludes halogenated alkanes) is 2. The minimum atomic E-state index is -0.703. The number of rotatable bonds is 11. The van der Waals surface area contributed by atoms with Gasteiger partial charge in [0.15, 0.2) is 0 Å². The topological polar surface area (TPSA) is 26.3 Å². The Kier molecular flexibility index (Phi) is 11.2. The zero-order valence-electron chi connectivity index (χ0n) is 14.4. The second-order valence-corrected chi connectivity index (χ2v) is 7.85. The zero-order chi connectivity index (χ0) is 16.3. The van der Waals surface area contributed by atoms with Crippen molar-refractivity contribution in [1.82, 2.24) is 0 Å². The SMILES string of the molecule is CCCCCC(SCCCC(F)CC)C(=O)OC(C)(C)C. The number of esters is 1.